The lowest BCUT2D eigenvalue weighted by Crippen LogP contribution is -2.43. The highest BCUT2D eigenvalue weighted by Gasteiger charge is 2.23. The van der Waals surface area contributed by atoms with Crippen LogP contribution in [0.1, 0.15) is 51.4 Å². The second-order valence-electron chi connectivity index (χ2n) is 5.82. The molecule has 2 rings (SSSR count). The predicted molar refractivity (Wildman–Crippen MR) is 76.2 cm³/mol. The Morgan fingerprint density at radius 3 is 2.75 bits per heavy atom. The van der Waals surface area contributed by atoms with Crippen LogP contribution in [0.4, 0.5) is 0 Å². The zero-order valence-electron chi connectivity index (χ0n) is 12.2. The van der Waals surface area contributed by atoms with Crippen molar-refractivity contribution in [1.29, 1.82) is 0 Å². The Bertz CT molecular complexity index is 317. The van der Waals surface area contributed by atoms with Crippen molar-refractivity contribution in [2.75, 3.05) is 19.7 Å². The molecular weight excluding hydrogens is 256 g/mol. The molecule has 0 aromatic carbocycles. The third-order valence-corrected chi connectivity index (χ3v) is 4.16. The van der Waals surface area contributed by atoms with Gasteiger partial charge < -0.3 is 15.4 Å². The minimum absolute atomic E-state index is 0.0509. The van der Waals surface area contributed by atoms with E-state index in [0.717, 1.165) is 13.0 Å². The van der Waals surface area contributed by atoms with Crippen LogP contribution in [-0.4, -0.2) is 37.6 Å². The molecule has 2 fully saturated rings. The molecule has 0 unspecified atom stereocenters. The van der Waals surface area contributed by atoms with E-state index in [1.807, 2.05) is 0 Å². The first-order valence-corrected chi connectivity index (χ1v) is 7.91. The Morgan fingerprint density at radius 1 is 1.25 bits per heavy atom. The van der Waals surface area contributed by atoms with Crippen molar-refractivity contribution in [3.05, 3.63) is 0 Å². The minimum atomic E-state index is -0.0630. The van der Waals surface area contributed by atoms with Crippen molar-refractivity contribution < 1.29 is 14.3 Å². The van der Waals surface area contributed by atoms with Gasteiger partial charge in [-0.05, 0) is 25.7 Å². The van der Waals surface area contributed by atoms with Gasteiger partial charge in [0.25, 0.3) is 0 Å². The average molecular weight is 282 g/mol. The Labute approximate surface area is 120 Å². The zero-order valence-corrected chi connectivity index (χ0v) is 12.2. The van der Waals surface area contributed by atoms with Gasteiger partial charge >= 0.3 is 0 Å². The molecule has 1 aliphatic carbocycles. The number of amides is 2. The molecule has 2 aliphatic rings. The van der Waals surface area contributed by atoms with Gasteiger partial charge in [0.15, 0.2) is 0 Å². The molecule has 20 heavy (non-hydrogen) atoms. The normalized spacial score (nSPS) is 24.2. The molecule has 1 saturated heterocycles. The van der Waals surface area contributed by atoms with Crippen LogP contribution >= 0.6 is 0 Å². The van der Waals surface area contributed by atoms with E-state index >= 15 is 0 Å². The fourth-order valence-electron chi connectivity index (χ4n) is 2.87. The first kappa shape index (κ1) is 15.3. The highest BCUT2D eigenvalue weighted by molar-refractivity contribution is 5.83. The molecule has 0 aromatic heterocycles. The standard InChI is InChI=1S/C15H26N2O3/c18-14-8-7-12(11-17-14)15(19)16-9-4-10-20-13-5-2-1-3-6-13/h12-13H,1-11H2,(H,16,19)(H,17,18)/t12-/m0/s1. The molecule has 0 aromatic rings. The van der Waals surface area contributed by atoms with Gasteiger partial charge in [-0.15, -0.1) is 0 Å². The van der Waals surface area contributed by atoms with Gasteiger partial charge in [-0.25, -0.2) is 0 Å². The number of hydrogen-bond acceptors (Lipinski definition) is 3. The molecule has 0 bridgehead atoms. The molecule has 1 atom stereocenters. The lowest BCUT2D eigenvalue weighted by Gasteiger charge is -2.23. The van der Waals surface area contributed by atoms with Gasteiger partial charge in [0.2, 0.25) is 11.8 Å². The summed E-state index contributed by atoms with van der Waals surface area (Å²) in [4.78, 5) is 22.9. The van der Waals surface area contributed by atoms with Crippen molar-refractivity contribution in [1.82, 2.24) is 10.6 Å². The lowest BCUT2D eigenvalue weighted by atomic mass is 9.98. The van der Waals surface area contributed by atoms with Gasteiger partial charge in [0.05, 0.1) is 12.0 Å². The van der Waals surface area contributed by atoms with E-state index in [4.69, 9.17) is 4.74 Å². The second-order valence-corrected chi connectivity index (χ2v) is 5.82. The molecule has 1 aliphatic heterocycles. The summed E-state index contributed by atoms with van der Waals surface area (Å²) >= 11 is 0. The van der Waals surface area contributed by atoms with Crippen LogP contribution in [0.15, 0.2) is 0 Å². The molecule has 1 heterocycles. The van der Waals surface area contributed by atoms with Crippen molar-refractivity contribution in [2.24, 2.45) is 5.92 Å². The summed E-state index contributed by atoms with van der Waals surface area (Å²) < 4.78 is 5.82. The molecule has 5 heteroatoms. The SMILES string of the molecule is O=C1CC[C@H](C(=O)NCCCOC2CCCCC2)CN1. The number of piperidine rings is 1. The van der Waals surface area contributed by atoms with Crippen molar-refractivity contribution >= 4 is 11.8 Å². The Morgan fingerprint density at radius 2 is 2.05 bits per heavy atom. The molecular formula is C15H26N2O3. The smallest absolute Gasteiger partial charge is 0.224 e. The van der Waals surface area contributed by atoms with Crippen molar-refractivity contribution in [3.8, 4) is 0 Å². The molecule has 0 radical (unpaired) electrons. The van der Waals surface area contributed by atoms with Gasteiger partial charge in [-0.1, -0.05) is 19.3 Å². The highest BCUT2D eigenvalue weighted by atomic mass is 16.5. The van der Waals surface area contributed by atoms with Crippen LogP contribution in [0, 0.1) is 5.92 Å². The van der Waals surface area contributed by atoms with E-state index in [2.05, 4.69) is 10.6 Å². The number of nitrogens with one attached hydrogen (secondary N) is 2. The summed E-state index contributed by atoms with van der Waals surface area (Å²) in [6, 6.07) is 0. The molecule has 2 amide bonds. The van der Waals surface area contributed by atoms with Crippen LogP contribution in [0.2, 0.25) is 0 Å². The van der Waals surface area contributed by atoms with Crippen LogP contribution in [-0.2, 0) is 14.3 Å². The fraction of sp³-hybridized carbons (Fsp3) is 0.867. The third-order valence-electron chi connectivity index (χ3n) is 4.16. The Kier molecular flexibility index (Phi) is 6.30. The van der Waals surface area contributed by atoms with Gasteiger partial charge in [0, 0.05) is 26.1 Å². The number of ether oxygens (including phenoxy) is 1. The molecule has 0 spiro atoms. The summed E-state index contributed by atoms with van der Waals surface area (Å²) in [6.07, 6.45) is 8.72. The van der Waals surface area contributed by atoms with E-state index < -0.39 is 0 Å². The Balaban J connectivity index is 1.50. The number of carbonyl (C=O) groups excluding carboxylic acids is 2. The van der Waals surface area contributed by atoms with E-state index in [1.165, 1.54) is 32.1 Å². The molecule has 1 saturated carbocycles. The van der Waals surface area contributed by atoms with Crippen LogP contribution in [0.3, 0.4) is 0 Å². The summed E-state index contributed by atoms with van der Waals surface area (Å²) in [5, 5.41) is 5.67. The van der Waals surface area contributed by atoms with Crippen LogP contribution in [0.5, 0.6) is 0 Å². The summed E-state index contributed by atoms with van der Waals surface area (Å²) in [5.74, 6) is 0.0459. The van der Waals surface area contributed by atoms with Crippen molar-refractivity contribution in [2.45, 2.75) is 57.5 Å². The average Bonchev–Trinajstić information content (AvgIpc) is 2.48. The highest BCUT2D eigenvalue weighted by Crippen LogP contribution is 2.20. The summed E-state index contributed by atoms with van der Waals surface area (Å²) in [5.41, 5.74) is 0. The van der Waals surface area contributed by atoms with E-state index in [9.17, 15) is 9.59 Å². The molecule has 2 N–H and O–H groups in total. The topological polar surface area (TPSA) is 67.4 Å². The van der Waals surface area contributed by atoms with Crippen LogP contribution in [0.25, 0.3) is 0 Å². The lowest BCUT2D eigenvalue weighted by molar-refractivity contribution is -0.128. The largest absolute Gasteiger partial charge is 0.378 e. The molecule has 5 nitrogen and oxygen atoms in total. The second kappa shape index (κ2) is 8.25. The van der Waals surface area contributed by atoms with E-state index in [-0.39, 0.29) is 17.7 Å². The fourth-order valence-corrected chi connectivity index (χ4v) is 2.87. The number of carbonyl (C=O) groups is 2. The summed E-state index contributed by atoms with van der Waals surface area (Å²) in [7, 11) is 0. The zero-order chi connectivity index (χ0) is 14.2. The van der Waals surface area contributed by atoms with E-state index in [0.29, 0.717) is 32.0 Å². The van der Waals surface area contributed by atoms with Gasteiger partial charge in [0.1, 0.15) is 0 Å². The van der Waals surface area contributed by atoms with Gasteiger partial charge in [-0.2, -0.15) is 0 Å². The maximum atomic E-state index is 11.9. The monoisotopic (exact) mass is 282 g/mol. The van der Waals surface area contributed by atoms with Crippen LogP contribution < -0.4 is 10.6 Å². The first-order chi connectivity index (χ1) is 9.75. The molecule has 114 valence electrons. The summed E-state index contributed by atoms with van der Waals surface area (Å²) in [6.45, 7) is 1.87. The third kappa shape index (κ3) is 5.12. The first-order valence-electron chi connectivity index (χ1n) is 7.91. The predicted octanol–water partition coefficient (Wildman–Crippen LogP) is 1.37. The number of rotatable bonds is 6. The van der Waals surface area contributed by atoms with Crippen molar-refractivity contribution in [3.63, 3.8) is 0 Å². The Hall–Kier alpha value is -1.10. The quantitative estimate of drug-likeness (QED) is 0.723. The van der Waals surface area contributed by atoms with E-state index in [1.54, 1.807) is 0 Å². The number of hydrogen-bond donors (Lipinski definition) is 2. The minimum Gasteiger partial charge on any atom is -0.378 e. The van der Waals surface area contributed by atoms with Gasteiger partial charge in [-0.3, -0.25) is 9.59 Å². The maximum absolute atomic E-state index is 11.9. The maximum Gasteiger partial charge on any atom is 0.224 e.